The standard InChI is InChI=1S/C27H34N2O12/c1-17(2)22(30)35-10-8-28-25(33)38-14-27(5,15-39-26(34)29-9-11-36-23(31)18(3)4)24(32)37-13-19-6-7-20-21(12-19)41-16-40-20/h6-7,12H,1,3,8-11,13-16H2,2,4-5H3,(H,28,33)(H,29,34). The van der Waals surface area contributed by atoms with E-state index >= 15 is 0 Å². The first kappa shape index (κ1) is 32.5. The molecule has 1 heterocycles. The molecule has 0 aromatic heterocycles. The van der Waals surface area contributed by atoms with Crippen molar-refractivity contribution in [1.82, 2.24) is 10.6 Å². The molecule has 14 heteroatoms. The zero-order chi connectivity index (χ0) is 30.4. The maximum absolute atomic E-state index is 13.1. The first-order valence-corrected chi connectivity index (χ1v) is 12.4. The largest absolute Gasteiger partial charge is 0.460 e. The van der Waals surface area contributed by atoms with Gasteiger partial charge in [-0.2, -0.15) is 0 Å². The Morgan fingerprint density at radius 2 is 1.32 bits per heavy atom. The second kappa shape index (κ2) is 15.7. The molecule has 2 rings (SSSR count). The minimum atomic E-state index is -1.61. The van der Waals surface area contributed by atoms with Gasteiger partial charge >= 0.3 is 30.1 Å². The summed E-state index contributed by atoms with van der Waals surface area (Å²) in [4.78, 5) is 60.2. The number of hydrogen-bond acceptors (Lipinski definition) is 12. The van der Waals surface area contributed by atoms with Crippen molar-refractivity contribution >= 4 is 30.1 Å². The lowest BCUT2D eigenvalue weighted by Gasteiger charge is -2.26. The predicted octanol–water partition coefficient (Wildman–Crippen LogP) is 2.16. The Balaban J connectivity index is 1.92. The smallest absolute Gasteiger partial charge is 0.407 e. The second-order valence-corrected chi connectivity index (χ2v) is 9.16. The van der Waals surface area contributed by atoms with Crippen LogP contribution in [0.5, 0.6) is 11.5 Å². The fourth-order valence-corrected chi connectivity index (χ4v) is 2.91. The maximum Gasteiger partial charge on any atom is 0.407 e. The van der Waals surface area contributed by atoms with Gasteiger partial charge in [0, 0.05) is 11.1 Å². The van der Waals surface area contributed by atoms with Crippen molar-refractivity contribution in [2.24, 2.45) is 5.41 Å². The number of carbonyl (C=O) groups excluding carboxylic acids is 5. The average Bonchev–Trinajstić information content (AvgIpc) is 3.41. The molecule has 1 aromatic carbocycles. The summed E-state index contributed by atoms with van der Waals surface area (Å²) in [7, 11) is 0. The molecule has 2 N–H and O–H groups in total. The molecule has 0 aliphatic carbocycles. The highest BCUT2D eigenvalue weighted by Gasteiger charge is 2.39. The molecular weight excluding hydrogens is 544 g/mol. The molecule has 0 bridgehead atoms. The van der Waals surface area contributed by atoms with Crippen LogP contribution in [0.15, 0.2) is 42.5 Å². The van der Waals surface area contributed by atoms with Crippen LogP contribution >= 0.6 is 0 Å². The molecule has 0 unspecified atom stereocenters. The third-order valence-electron chi connectivity index (χ3n) is 5.25. The monoisotopic (exact) mass is 578 g/mol. The van der Waals surface area contributed by atoms with Gasteiger partial charge in [0.1, 0.15) is 38.4 Å². The molecule has 0 atom stereocenters. The van der Waals surface area contributed by atoms with E-state index in [1.165, 1.54) is 20.8 Å². The van der Waals surface area contributed by atoms with Gasteiger partial charge in [-0.25, -0.2) is 19.2 Å². The summed E-state index contributed by atoms with van der Waals surface area (Å²) in [6.45, 7) is 9.79. The molecule has 0 saturated heterocycles. The third kappa shape index (κ3) is 11.1. The third-order valence-corrected chi connectivity index (χ3v) is 5.25. The van der Waals surface area contributed by atoms with E-state index in [1.807, 2.05) is 0 Å². The number of carbonyl (C=O) groups is 5. The van der Waals surface area contributed by atoms with Gasteiger partial charge in [0.15, 0.2) is 11.5 Å². The van der Waals surface area contributed by atoms with Crippen molar-refractivity contribution in [3.63, 3.8) is 0 Å². The maximum atomic E-state index is 13.1. The minimum absolute atomic E-state index is 0.0576. The lowest BCUT2D eigenvalue weighted by molar-refractivity contribution is -0.161. The Morgan fingerprint density at radius 3 is 1.83 bits per heavy atom. The van der Waals surface area contributed by atoms with Crippen LogP contribution < -0.4 is 20.1 Å². The quantitative estimate of drug-likeness (QED) is 0.135. The van der Waals surface area contributed by atoms with Crippen molar-refractivity contribution in [2.75, 3.05) is 46.3 Å². The summed E-state index contributed by atoms with van der Waals surface area (Å²) in [5.74, 6) is -0.969. The number of benzene rings is 1. The highest BCUT2D eigenvalue weighted by atomic mass is 16.7. The number of ether oxygens (including phenoxy) is 7. The van der Waals surface area contributed by atoms with E-state index in [-0.39, 0.29) is 50.8 Å². The van der Waals surface area contributed by atoms with Crippen molar-refractivity contribution in [3.05, 3.63) is 48.1 Å². The van der Waals surface area contributed by atoms with Crippen molar-refractivity contribution < 1.29 is 57.1 Å². The molecule has 0 fully saturated rings. The summed E-state index contributed by atoms with van der Waals surface area (Å²) in [5, 5.41) is 4.75. The van der Waals surface area contributed by atoms with Gasteiger partial charge in [0.05, 0.1) is 13.1 Å². The molecular formula is C27H34N2O12. The van der Waals surface area contributed by atoms with Gasteiger partial charge in [-0.3, -0.25) is 4.79 Å². The van der Waals surface area contributed by atoms with E-state index < -0.39 is 48.7 Å². The molecule has 224 valence electrons. The van der Waals surface area contributed by atoms with Crippen LogP contribution in [0.25, 0.3) is 0 Å². The van der Waals surface area contributed by atoms with Crippen LogP contribution in [-0.2, 0) is 44.7 Å². The Kier molecular flexibility index (Phi) is 12.5. The first-order chi connectivity index (χ1) is 19.4. The van der Waals surface area contributed by atoms with Gasteiger partial charge in [-0.1, -0.05) is 19.2 Å². The van der Waals surface area contributed by atoms with Crippen LogP contribution in [0.1, 0.15) is 26.3 Å². The van der Waals surface area contributed by atoms with Crippen molar-refractivity contribution in [3.8, 4) is 11.5 Å². The van der Waals surface area contributed by atoms with E-state index in [9.17, 15) is 24.0 Å². The second-order valence-electron chi connectivity index (χ2n) is 9.16. The highest BCUT2D eigenvalue weighted by Crippen LogP contribution is 2.33. The molecule has 0 spiro atoms. The number of nitrogens with one attached hydrogen (secondary N) is 2. The number of alkyl carbamates (subject to hydrolysis) is 2. The summed E-state index contributed by atoms with van der Waals surface area (Å²) < 4.78 is 36.1. The number of esters is 3. The van der Waals surface area contributed by atoms with Gasteiger partial charge in [-0.15, -0.1) is 0 Å². The van der Waals surface area contributed by atoms with Crippen LogP contribution in [0.3, 0.4) is 0 Å². The normalized spacial score (nSPS) is 11.5. The van der Waals surface area contributed by atoms with Crippen LogP contribution in [-0.4, -0.2) is 76.4 Å². The molecule has 1 aliphatic heterocycles. The molecule has 41 heavy (non-hydrogen) atoms. The molecule has 1 aliphatic rings. The fourth-order valence-electron chi connectivity index (χ4n) is 2.91. The van der Waals surface area contributed by atoms with Gasteiger partial charge in [-0.05, 0) is 38.5 Å². The molecule has 2 amide bonds. The predicted molar refractivity (Wildman–Crippen MR) is 141 cm³/mol. The first-order valence-electron chi connectivity index (χ1n) is 12.4. The fraction of sp³-hybridized carbons (Fsp3) is 0.444. The van der Waals surface area contributed by atoms with Gasteiger partial charge in [0.25, 0.3) is 0 Å². The topological polar surface area (TPSA) is 174 Å². The van der Waals surface area contributed by atoms with E-state index in [4.69, 9.17) is 33.2 Å². The Morgan fingerprint density at radius 1 is 0.805 bits per heavy atom. The number of amides is 2. The van der Waals surface area contributed by atoms with Crippen molar-refractivity contribution in [2.45, 2.75) is 27.4 Å². The lowest BCUT2D eigenvalue weighted by atomic mass is 9.93. The SMILES string of the molecule is C=C(C)C(=O)OCCNC(=O)OCC(C)(COC(=O)NCCOC(=O)C(=C)C)C(=O)OCc1ccc2c(c1)OCO2. The molecule has 14 nitrogen and oxygen atoms in total. The Labute approximate surface area is 236 Å². The zero-order valence-electron chi connectivity index (χ0n) is 23.2. The molecule has 0 saturated carbocycles. The van der Waals surface area contributed by atoms with Crippen LogP contribution in [0.4, 0.5) is 9.59 Å². The summed E-state index contributed by atoms with van der Waals surface area (Å²) in [6, 6.07) is 5.02. The Hall–Kier alpha value is -4.75. The highest BCUT2D eigenvalue weighted by molar-refractivity contribution is 5.87. The van der Waals surface area contributed by atoms with E-state index in [0.29, 0.717) is 17.1 Å². The Bertz CT molecular complexity index is 1110. The van der Waals surface area contributed by atoms with E-state index in [0.717, 1.165) is 0 Å². The van der Waals surface area contributed by atoms with Crippen LogP contribution in [0.2, 0.25) is 0 Å². The molecule has 0 radical (unpaired) electrons. The van der Waals surface area contributed by atoms with Crippen LogP contribution in [0, 0.1) is 5.41 Å². The zero-order valence-corrected chi connectivity index (χ0v) is 23.2. The summed E-state index contributed by atoms with van der Waals surface area (Å²) >= 11 is 0. The lowest BCUT2D eigenvalue weighted by Crippen LogP contribution is -2.43. The molecule has 1 aromatic rings. The van der Waals surface area contributed by atoms with Crippen molar-refractivity contribution in [1.29, 1.82) is 0 Å². The average molecular weight is 579 g/mol. The number of fused-ring (bicyclic) bond motifs is 1. The van der Waals surface area contributed by atoms with Gasteiger partial charge in [0.2, 0.25) is 6.79 Å². The number of hydrogen-bond donors (Lipinski definition) is 2. The van der Waals surface area contributed by atoms with E-state index in [2.05, 4.69) is 23.8 Å². The van der Waals surface area contributed by atoms with E-state index in [1.54, 1.807) is 18.2 Å². The summed E-state index contributed by atoms with van der Waals surface area (Å²) in [5.41, 5.74) is -0.584. The minimum Gasteiger partial charge on any atom is -0.460 e. The van der Waals surface area contributed by atoms with Gasteiger partial charge < -0.3 is 43.8 Å². The summed E-state index contributed by atoms with van der Waals surface area (Å²) in [6.07, 6.45) is -1.81. The number of rotatable bonds is 15.